The van der Waals surface area contributed by atoms with Gasteiger partial charge in [0.25, 0.3) is 0 Å². The summed E-state index contributed by atoms with van der Waals surface area (Å²) in [6.07, 6.45) is 8.33. The van der Waals surface area contributed by atoms with E-state index in [4.69, 9.17) is 24.3 Å². The van der Waals surface area contributed by atoms with Gasteiger partial charge >= 0.3 is 0 Å². The first-order valence-corrected chi connectivity index (χ1v) is 21.6. The summed E-state index contributed by atoms with van der Waals surface area (Å²) < 4.78 is 5.56. The molecule has 0 aliphatic heterocycles. The number of hydrogen-bond acceptors (Lipinski definition) is 5. The molecule has 302 valence electrons. The van der Waals surface area contributed by atoms with Crippen molar-refractivity contribution in [3.05, 3.63) is 215 Å². The van der Waals surface area contributed by atoms with Gasteiger partial charge in [-0.15, -0.1) is 0 Å². The van der Waals surface area contributed by atoms with E-state index >= 15 is 0 Å². The highest BCUT2D eigenvalue weighted by Crippen LogP contribution is 2.65. The zero-order valence-electron chi connectivity index (χ0n) is 34.3. The van der Waals surface area contributed by atoms with Crippen LogP contribution in [-0.4, -0.2) is 7.11 Å². The van der Waals surface area contributed by atoms with Crippen molar-refractivity contribution in [1.82, 2.24) is 0 Å². The van der Waals surface area contributed by atoms with Crippen molar-refractivity contribution in [3.8, 4) is 39.9 Å². The van der Waals surface area contributed by atoms with Crippen LogP contribution in [0.3, 0.4) is 0 Å². The minimum atomic E-state index is -0.512. The van der Waals surface area contributed by atoms with E-state index in [-0.39, 0.29) is 5.41 Å². The van der Waals surface area contributed by atoms with Gasteiger partial charge in [0, 0.05) is 5.41 Å². The maximum atomic E-state index is 6.05. The SMILES string of the molecule is C=Cc1ccc(OOc2ccc(C3(c4ccc(OOc5ccc(C6(c7ccc(OC)cc7)c7ccccc7-c7ccccc76)cc5)cc4)C4CC5CC(C4)CC3C5)cc2)cc1. The quantitative estimate of drug-likeness (QED) is 0.0910. The molecule has 0 radical (unpaired) electrons. The molecule has 7 aromatic rings. The molecule has 4 fully saturated rings. The molecule has 0 saturated heterocycles. The van der Waals surface area contributed by atoms with Crippen molar-refractivity contribution in [2.45, 2.75) is 42.9 Å². The molecule has 7 aromatic carbocycles. The highest BCUT2D eigenvalue weighted by atomic mass is 17.2. The molecular weight excluding hydrogens is 753 g/mol. The Balaban J connectivity index is 0.852. The van der Waals surface area contributed by atoms with Crippen molar-refractivity contribution >= 4 is 6.08 Å². The molecule has 0 aromatic heterocycles. The van der Waals surface area contributed by atoms with Crippen LogP contribution in [0.5, 0.6) is 28.7 Å². The van der Waals surface area contributed by atoms with Crippen molar-refractivity contribution < 1.29 is 24.3 Å². The second-order valence-corrected chi connectivity index (χ2v) is 17.4. The molecular formula is C56H48O5. The van der Waals surface area contributed by atoms with Crippen molar-refractivity contribution in [2.75, 3.05) is 7.11 Å². The number of fused-ring (bicyclic) bond motifs is 3. The minimum absolute atomic E-state index is 0.0696. The van der Waals surface area contributed by atoms with Gasteiger partial charge in [-0.3, -0.25) is 19.6 Å². The van der Waals surface area contributed by atoms with Crippen molar-refractivity contribution in [2.24, 2.45) is 23.7 Å². The van der Waals surface area contributed by atoms with Gasteiger partial charge in [-0.1, -0.05) is 122 Å². The lowest BCUT2D eigenvalue weighted by Crippen LogP contribution is -2.56. The van der Waals surface area contributed by atoms with E-state index in [9.17, 15) is 0 Å². The van der Waals surface area contributed by atoms with Gasteiger partial charge in [-0.25, -0.2) is 0 Å². The first-order valence-electron chi connectivity index (χ1n) is 21.6. The van der Waals surface area contributed by atoms with E-state index in [1.807, 2.05) is 42.5 Å². The smallest absolute Gasteiger partial charge is 0.178 e. The monoisotopic (exact) mass is 800 g/mol. The lowest BCUT2D eigenvalue weighted by molar-refractivity contribution is -0.100. The zero-order valence-corrected chi connectivity index (χ0v) is 34.3. The molecule has 4 bridgehead atoms. The summed E-state index contributed by atoms with van der Waals surface area (Å²) in [5, 5.41) is 0. The van der Waals surface area contributed by atoms with Gasteiger partial charge in [-0.05, 0) is 167 Å². The van der Waals surface area contributed by atoms with Crippen LogP contribution < -0.4 is 24.3 Å². The summed E-state index contributed by atoms with van der Waals surface area (Å²) in [6.45, 7) is 3.83. The molecule has 0 heterocycles. The van der Waals surface area contributed by atoms with Crippen LogP contribution in [0.25, 0.3) is 17.2 Å². The lowest BCUT2D eigenvalue weighted by atomic mass is 9.42. The summed E-state index contributed by atoms with van der Waals surface area (Å²) in [5.74, 6) is 6.33. The van der Waals surface area contributed by atoms with E-state index in [0.29, 0.717) is 34.8 Å². The Bertz CT molecular complexity index is 2610. The first kappa shape index (κ1) is 37.3. The molecule has 0 unspecified atom stereocenters. The summed E-state index contributed by atoms with van der Waals surface area (Å²) in [6, 6.07) is 59.4. The number of hydrogen-bond donors (Lipinski definition) is 0. The third-order valence-corrected chi connectivity index (χ3v) is 14.4. The summed E-state index contributed by atoms with van der Waals surface area (Å²) in [5.41, 5.74) is 10.5. The van der Waals surface area contributed by atoms with Crippen LogP contribution in [0.2, 0.25) is 0 Å². The fourth-order valence-electron chi connectivity index (χ4n) is 12.1. The Kier molecular flexibility index (Phi) is 9.22. The largest absolute Gasteiger partial charge is 0.497 e. The molecule has 5 heteroatoms. The standard InChI is InChI=1S/C56H48O5/c1-3-37-12-22-47(23-13-37)58-59-48-26-16-40(17-27-48)55(44-33-38-32-39(35-44)36-45(55)34-38)41-18-28-49(29-19-41)60-61-50-30-20-43(21-31-50)56(42-14-24-46(57-2)25-15-42)53-10-6-4-8-51(53)52-9-5-7-11-54(52)56/h3-31,38-39,44-45H,1,32-36H2,2H3. The third kappa shape index (κ3) is 6.12. The molecule has 0 spiro atoms. The van der Waals surface area contributed by atoms with Gasteiger partial charge in [0.05, 0.1) is 12.5 Å². The second kappa shape index (κ2) is 15.1. The summed E-state index contributed by atoms with van der Waals surface area (Å²) >= 11 is 0. The fraction of sp³-hybridized carbons (Fsp3) is 0.214. The fourth-order valence-corrected chi connectivity index (χ4v) is 12.1. The van der Waals surface area contributed by atoms with Crippen LogP contribution in [0.4, 0.5) is 0 Å². The van der Waals surface area contributed by atoms with Crippen LogP contribution in [0.15, 0.2) is 176 Å². The highest BCUT2D eigenvalue weighted by molar-refractivity contribution is 5.86. The van der Waals surface area contributed by atoms with Crippen LogP contribution >= 0.6 is 0 Å². The lowest BCUT2D eigenvalue weighted by Gasteiger charge is -2.62. The third-order valence-electron chi connectivity index (χ3n) is 14.4. The van der Waals surface area contributed by atoms with Gasteiger partial charge < -0.3 is 4.74 Å². The number of methoxy groups -OCH3 is 1. The molecule has 0 amide bonds. The second-order valence-electron chi connectivity index (χ2n) is 17.4. The molecule has 61 heavy (non-hydrogen) atoms. The maximum Gasteiger partial charge on any atom is 0.178 e. The number of benzene rings is 7. The summed E-state index contributed by atoms with van der Waals surface area (Å²) in [4.78, 5) is 23.5. The molecule has 0 atom stereocenters. The van der Waals surface area contributed by atoms with Crippen LogP contribution in [-0.2, 0) is 10.8 Å². The van der Waals surface area contributed by atoms with Crippen LogP contribution in [0.1, 0.15) is 71.0 Å². The Morgan fingerprint density at radius 1 is 0.426 bits per heavy atom. The predicted molar refractivity (Wildman–Crippen MR) is 240 cm³/mol. The van der Waals surface area contributed by atoms with E-state index in [0.717, 1.165) is 28.7 Å². The Morgan fingerprint density at radius 3 is 1.18 bits per heavy atom. The highest BCUT2D eigenvalue weighted by Gasteiger charge is 2.58. The molecule has 0 N–H and O–H groups in total. The van der Waals surface area contributed by atoms with Gasteiger partial charge in [0.15, 0.2) is 23.0 Å². The Hall–Kier alpha value is -6.72. The molecule has 5 aliphatic rings. The molecule has 4 saturated carbocycles. The van der Waals surface area contributed by atoms with Gasteiger partial charge in [-0.2, -0.15) is 0 Å². The van der Waals surface area contributed by atoms with Gasteiger partial charge in [0.1, 0.15) is 5.75 Å². The normalized spacial score (nSPS) is 22.4. The van der Waals surface area contributed by atoms with E-state index < -0.39 is 5.41 Å². The predicted octanol–water partition coefficient (Wildman–Crippen LogP) is 13.2. The van der Waals surface area contributed by atoms with Crippen molar-refractivity contribution in [3.63, 3.8) is 0 Å². The Labute approximate surface area is 358 Å². The maximum absolute atomic E-state index is 6.05. The average molecular weight is 801 g/mol. The molecule has 12 rings (SSSR count). The number of rotatable bonds is 12. The topological polar surface area (TPSA) is 46.2 Å². The minimum Gasteiger partial charge on any atom is -0.497 e. The molecule has 5 nitrogen and oxygen atoms in total. The van der Waals surface area contributed by atoms with Crippen LogP contribution in [0, 0.1) is 23.7 Å². The average Bonchev–Trinajstić information content (AvgIpc) is 3.62. The van der Waals surface area contributed by atoms with E-state index in [2.05, 4.69) is 140 Å². The Morgan fingerprint density at radius 2 is 0.787 bits per heavy atom. The van der Waals surface area contributed by atoms with E-state index in [1.54, 1.807) is 7.11 Å². The zero-order chi connectivity index (χ0) is 41.0. The molecule has 5 aliphatic carbocycles. The first-order chi connectivity index (χ1) is 30.1. The van der Waals surface area contributed by atoms with E-state index in [1.165, 1.54) is 71.0 Å². The van der Waals surface area contributed by atoms with Crippen molar-refractivity contribution in [1.29, 1.82) is 0 Å². The summed E-state index contributed by atoms with van der Waals surface area (Å²) in [7, 11) is 1.71. The van der Waals surface area contributed by atoms with Gasteiger partial charge in [0.2, 0.25) is 0 Å². The number of ether oxygens (including phenoxy) is 1.